The number of benzene rings is 1. The molecule has 1 saturated heterocycles. The zero-order chi connectivity index (χ0) is 18.2. The van der Waals surface area contributed by atoms with Gasteiger partial charge in [-0.25, -0.2) is 12.8 Å². The molecule has 134 valence electrons. The minimum atomic E-state index is -3.80. The second kappa shape index (κ2) is 7.06. The molecule has 0 bridgehead atoms. The summed E-state index contributed by atoms with van der Waals surface area (Å²) >= 11 is 8.80. The van der Waals surface area contributed by atoms with Crippen LogP contribution in [0.4, 0.5) is 4.39 Å². The van der Waals surface area contributed by atoms with Gasteiger partial charge in [0.05, 0.1) is 9.92 Å². The van der Waals surface area contributed by atoms with Gasteiger partial charge in [-0.05, 0) is 46.3 Å². The predicted molar refractivity (Wildman–Crippen MR) is 92.5 cm³/mol. The zero-order valence-corrected chi connectivity index (χ0v) is 15.9. The molecule has 1 fully saturated rings. The minimum Gasteiger partial charge on any atom is -0.444 e. The van der Waals surface area contributed by atoms with Crippen LogP contribution >= 0.6 is 27.5 Å². The highest BCUT2D eigenvalue weighted by Gasteiger charge is 2.31. The van der Waals surface area contributed by atoms with E-state index in [-0.39, 0.29) is 47.8 Å². The lowest BCUT2D eigenvalue weighted by molar-refractivity contribution is 0.0664. The molecular formula is C15H13BrClFN2O4S. The fraction of sp³-hybridized carbons (Fsp3) is 0.267. The van der Waals surface area contributed by atoms with E-state index in [4.69, 9.17) is 16.0 Å². The normalized spacial score (nSPS) is 16.2. The van der Waals surface area contributed by atoms with E-state index in [2.05, 4.69) is 15.9 Å². The van der Waals surface area contributed by atoms with Crippen LogP contribution in [0.3, 0.4) is 0 Å². The number of amides is 1. The van der Waals surface area contributed by atoms with Gasteiger partial charge in [-0.2, -0.15) is 4.31 Å². The number of rotatable bonds is 3. The third kappa shape index (κ3) is 3.74. The maximum Gasteiger partial charge on any atom is 0.289 e. The summed E-state index contributed by atoms with van der Waals surface area (Å²) in [6.45, 7) is 0.715. The van der Waals surface area contributed by atoms with Crippen LogP contribution in [-0.2, 0) is 10.0 Å². The lowest BCUT2D eigenvalue weighted by atomic mass is 10.3. The van der Waals surface area contributed by atoms with Crippen molar-refractivity contribution in [1.82, 2.24) is 9.21 Å². The van der Waals surface area contributed by atoms with E-state index in [0.29, 0.717) is 4.67 Å². The molecule has 1 aliphatic rings. The van der Waals surface area contributed by atoms with Crippen LogP contribution in [0.15, 0.2) is 44.3 Å². The first-order valence-corrected chi connectivity index (χ1v) is 9.90. The molecule has 1 amide bonds. The Hall–Kier alpha value is -1.42. The molecular weight excluding hydrogens is 439 g/mol. The van der Waals surface area contributed by atoms with E-state index in [9.17, 15) is 17.6 Å². The van der Waals surface area contributed by atoms with E-state index < -0.39 is 15.8 Å². The quantitative estimate of drug-likeness (QED) is 0.719. The maximum atomic E-state index is 13.2. The molecule has 0 spiro atoms. The van der Waals surface area contributed by atoms with Gasteiger partial charge in [0, 0.05) is 26.2 Å². The molecule has 0 saturated carbocycles. The van der Waals surface area contributed by atoms with Crippen LogP contribution in [-0.4, -0.2) is 49.7 Å². The average Bonchev–Trinajstić information content (AvgIpc) is 3.03. The molecule has 1 aromatic heterocycles. The molecule has 2 aromatic rings. The number of halogens is 3. The van der Waals surface area contributed by atoms with Crippen molar-refractivity contribution in [2.45, 2.75) is 4.90 Å². The largest absolute Gasteiger partial charge is 0.444 e. The first-order valence-electron chi connectivity index (χ1n) is 7.29. The van der Waals surface area contributed by atoms with Crippen molar-refractivity contribution in [3.8, 4) is 0 Å². The van der Waals surface area contributed by atoms with Crippen molar-refractivity contribution in [3.63, 3.8) is 0 Å². The third-order valence-corrected chi connectivity index (χ3v) is 6.45. The minimum absolute atomic E-state index is 0.0753. The van der Waals surface area contributed by atoms with Crippen molar-refractivity contribution in [3.05, 3.63) is 51.6 Å². The van der Waals surface area contributed by atoms with Crippen LogP contribution in [0.25, 0.3) is 0 Å². The summed E-state index contributed by atoms with van der Waals surface area (Å²) in [5.74, 6) is -0.790. The van der Waals surface area contributed by atoms with Crippen molar-refractivity contribution in [1.29, 1.82) is 0 Å². The molecule has 0 unspecified atom stereocenters. The number of nitrogens with zero attached hydrogens (tertiary/aromatic N) is 2. The molecule has 25 heavy (non-hydrogen) atoms. The summed E-state index contributed by atoms with van der Waals surface area (Å²) in [5, 5.41) is -0.252. The van der Waals surface area contributed by atoms with Gasteiger partial charge in [-0.3, -0.25) is 4.79 Å². The van der Waals surface area contributed by atoms with Gasteiger partial charge in [0.15, 0.2) is 10.4 Å². The lowest BCUT2D eigenvalue weighted by Gasteiger charge is -2.33. The summed E-state index contributed by atoms with van der Waals surface area (Å²) in [4.78, 5) is 13.8. The number of carbonyl (C=O) groups is 1. The Bertz CT molecular complexity index is 910. The van der Waals surface area contributed by atoms with Gasteiger partial charge >= 0.3 is 0 Å². The van der Waals surface area contributed by atoms with Crippen LogP contribution < -0.4 is 0 Å². The number of hydrogen-bond donors (Lipinski definition) is 0. The van der Waals surface area contributed by atoms with Crippen molar-refractivity contribution in [2.24, 2.45) is 0 Å². The summed E-state index contributed by atoms with van der Waals surface area (Å²) in [7, 11) is -3.80. The highest BCUT2D eigenvalue weighted by molar-refractivity contribution is 9.10. The van der Waals surface area contributed by atoms with Crippen molar-refractivity contribution in [2.75, 3.05) is 26.2 Å². The van der Waals surface area contributed by atoms with Crippen LogP contribution in [0.2, 0.25) is 5.02 Å². The summed E-state index contributed by atoms with van der Waals surface area (Å²) in [5.41, 5.74) is 0. The molecule has 2 heterocycles. The molecule has 0 aliphatic carbocycles. The predicted octanol–water partition coefficient (Wildman–Crippen LogP) is 2.98. The Labute approximate surface area is 157 Å². The molecule has 0 atom stereocenters. The van der Waals surface area contributed by atoms with Crippen molar-refractivity contribution >= 4 is 43.5 Å². The standard InChI is InChI=1S/C15H13BrClFN2O4S/c16-14-4-3-13(24-14)15(21)19-5-7-20(8-6-19)25(22,23)10-1-2-12(18)11(17)9-10/h1-4,9H,5-8H2. The number of hydrogen-bond acceptors (Lipinski definition) is 4. The van der Waals surface area contributed by atoms with Gasteiger partial charge in [0.1, 0.15) is 5.82 Å². The third-order valence-electron chi connectivity index (χ3n) is 3.84. The fourth-order valence-corrected chi connectivity index (χ4v) is 4.50. The molecule has 6 nitrogen and oxygen atoms in total. The Balaban J connectivity index is 1.71. The summed E-state index contributed by atoms with van der Waals surface area (Å²) < 4.78 is 45.4. The van der Waals surface area contributed by atoms with E-state index in [1.54, 1.807) is 12.1 Å². The molecule has 1 aliphatic heterocycles. The molecule has 0 N–H and O–H groups in total. The fourth-order valence-electron chi connectivity index (χ4n) is 2.50. The topological polar surface area (TPSA) is 70.8 Å². The number of furan rings is 1. The number of carbonyl (C=O) groups excluding carboxylic acids is 1. The van der Waals surface area contributed by atoms with Gasteiger partial charge in [-0.15, -0.1) is 0 Å². The van der Waals surface area contributed by atoms with E-state index in [1.807, 2.05) is 0 Å². The van der Waals surface area contributed by atoms with Crippen molar-refractivity contribution < 1.29 is 22.0 Å². The van der Waals surface area contributed by atoms with E-state index >= 15 is 0 Å². The van der Waals surface area contributed by atoms with Gasteiger partial charge in [-0.1, -0.05) is 11.6 Å². The average molecular weight is 452 g/mol. The second-order valence-corrected chi connectivity index (χ2v) is 8.50. The number of piperazine rings is 1. The highest BCUT2D eigenvalue weighted by atomic mass is 79.9. The monoisotopic (exact) mass is 450 g/mol. The molecule has 1 aromatic carbocycles. The number of sulfonamides is 1. The first-order chi connectivity index (χ1) is 11.8. The summed E-state index contributed by atoms with van der Waals surface area (Å²) in [6, 6.07) is 6.45. The van der Waals surface area contributed by atoms with Crippen LogP contribution in [0, 0.1) is 5.82 Å². The van der Waals surface area contributed by atoms with E-state index in [0.717, 1.165) is 12.1 Å². The SMILES string of the molecule is O=C(c1ccc(Br)o1)N1CCN(S(=O)(=O)c2ccc(F)c(Cl)c2)CC1. The van der Waals surface area contributed by atoms with Crippen LogP contribution in [0.5, 0.6) is 0 Å². The van der Waals surface area contributed by atoms with Gasteiger partial charge < -0.3 is 9.32 Å². The lowest BCUT2D eigenvalue weighted by Crippen LogP contribution is -2.50. The van der Waals surface area contributed by atoms with E-state index in [1.165, 1.54) is 15.3 Å². The van der Waals surface area contributed by atoms with Crippen LogP contribution in [0.1, 0.15) is 10.6 Å². The second-order valence-electron chi connectivity index (χ2n) is 5.38. The Kier molecular flexibility index (Phi) is 5.19. The first kappa shape index (κ1) is 18.4. The Morgan fingerprint density at radius 3 is 2.40 bits per heavy atom. The smallest absolute Gasteiger partial charge is 0.289 e. The van der Waals surface area contributed by atoms with Gasteiger partial charge in [0.2, 0.25) is 10.0 Å². The molecule has 10 heteroatoms. The molecule has 0 radical (unpaired) electrons. The molecule has 3 rings (SSSR count). The Morgan fingerprint density at radius 2 is 1.84 bits per heavy atom. The Morgan fingerprint density at radius 1 is 1.16 bits per heavy atom. The maximum absolute atomic E-state index is 13.2. The zero-order valence-electron chi connectivity index (χ0n) is 12.8. The summed E-state index contributed by atoms with van der Waals surface area (Å²) in [6.07, 6.45) is 0. The van der Waals surface area contributed by atoms with Gasteiger partial charge in [0.25, 0.3) is 5.91 Å². The highest BCUT2D eigenvalue weighted by Crippen LogP contribution is 2.24.